The molecular weight excluding hydrogens is 328 g/mol. The third-order valence-corrected chi connectivity index (χ3v) is 5.13. The molecule has 0 aromatic heterocycles. The van der Waals surface area contributed by atoms with Gasteiger partial charge in [-0.15, -0.1) is 0 Å². The van der Waals surface area contributed by atoms with E-state index < -0.39 is 10.0 Å². The Hall–Kier alpha value is -2.41. The van der Waals surface area contributed by atoms with Gasteiger partial charge in [0.2, 0.25) is 0 Å². The summed E-state index contributed by atoms with van der Waals surface area (Å²) in [4.78, 5) is 2.18. The van der Waals surface area contributed by atoms with Crippen molar-refractivity contribution in [2.75, 3.05) is 36.4 Å². The maximum absolute atomic E-state index is 12.6. The fourth-order valence-corrected chi connectivity index (χ4v) is 3.58. The highest BCUT2D eigenvalue weighted by Gasteiger charge is 2.20. The highest BCUT2D eigenvalue weighted by Crippen LogP contribution is 2.33. The maximum atomic E-state index is 12.6. The quantitative estimate of drug-likeness (QED) is 0.900. The average molecular weight is 348 g/mol. The number of sulfonamides is 1. The van der Waals surface area contributed by atoms with Gasteiger partial charge >= 0.3 is 0 Å². The lowest BCUT2D eigenvalue weighted by atomic mass is 10.2. The molecule has 3 rings (SSSR count). The van der Waals surface area contributed by atoms with E-state index in [4.69, 9.17) is 9.47 Å². The van der Waals surface area contributed by atoms with Gasteiger partial charge < -0.3 is 14.4 Å². The highest BCUT2D eigenvalue weighted by atomic mass is 32.2. The molecule has 2 aromatic carbocycles. The van der Waals surface area contributed by atoms with Crippen LogP contribution in [-0.2, 0) is 10.0 Å². The van der Waals surface area contributed by atoms with E-state index in [1.165, 1.54) is 0 Å². The Morgan fingerprint density at radius 2 is 1.96 bits per heavy atom. The van der Waals surface area contributed by atoms with Gasteiger partial charge in [0.1, 0.15) is 18.1 Å². The second-order valence-electron chi connectivity index (χ2n) is 5.46. The number of anilines is 2. The first-order valence-corrected chi connectivity index (χ1v) is 9.21. The van der Waals surface area contributed by atoms with E-state index >= 15 is 0 Å². The van der Waals surface area contributed by atoms with Crippen LogP contribution in [0, 0.1) is 0 Å². The second-order valence-corrected chi connectivity index (χ2v) is 7.14. The first-order chi connectivity index (χ1) is 11.5. The molecule has 2 aromatic rings. The summed E-state index contributed by atoms with van der Waals surface area (Å²) >= 11 is 0. The zero-order valence-corrected chi connectivity index (χ0v) is 14.5. The molecule has 24 heavy (non-hydrogen) atoms. The third kappa shape index (κ3) is 3.41. The zero-order chi connectivity index (χ0) is 17.2. The summed E-state index contributed by atoms with van der Waals surface area (Å²) < 4.78 is 38.7. The molecule has 0 fully saturated rings. The van der Waals surface area contributed by atoms with E-state index in [0.29, 0.717) is 30.4 Å². The summed E-state index contributed by atoms with van der Waals surface area (Å²) in [6.45, 7) is 3.78. The van der Waals surface area contributed by atoms with E-state index in [0.717, 1.165) is 12.2 Å². The highest BCUT2D eigenvalue weighted by molar-refractivity contribution is 7.92. The molecule has 0 saturated heterocycles. The molecule has 0 unspecified atom stereocenters. The van der Waals surface area contributed by atoms with Crippen molar-refractivity contribution in [3.8, 4) is 11.5 Å². The number of rotatable bonds is 5. The molecule has 1 aliphatic heterocycles. The number of hydrogen-bond donors (Lipinski definition) is 1. The molecule has 0 bridgehead atoms. The van der Waals surface area contributed by atoms with Gasteiger partial charge in [0.25, 0.3) is 10.0 Å². The van der Waals surface area contributed by atoms with Crippen LogP contribution in [-0.4, -0.2) is 35.2 Å². The molecule has 0 spiro atoms. The topological polar surface area (TPSA) is 67.9 Å². The van der Waals surface area contributed by atoms with Gasteiger partial charge in [-0.25, -0.2) is 8.42 Å². The Labute approximate surface area is 142 Å². The largest absolute Gasteiger partial charge is 0.494 e. The van der Waals surface area contributed by atoms with Crippen molar-refractivity contribution in [3.05, 3.63) is 42.5 Å². The SMILES string of the molecule is CCOc1ccc(NS(=O)(=O)c2ccc3c(c2)N(C)CCO3)cc1. The molecule has 128 valence electrons. The van der Waals surface area contributed by atoms with Crippen molar-refractivity contribution in [1.82, 2.24) is 0 Å². The monoisotopic (exact) mass is 348 g/mol. The number of ether oxygens (including phenoxy) is 2. The van der Waals surface area contributed by atoms with Crippen LogP contribution >= 0.6 is 0 Å². The Bertz CT molecular complexity index is 819. The van der Waals surface area contributed by atoms with Gasteiger partial charge in [-0.3, -0.25) is 4.72 Å². The molecule has 0 aliphatic carbocycles. The van der Waals surface area contributed by atoms with Crippen molar-refractivity contribution >= 4 is 21.4 Å². The Morgan fingerprint density at radius 3 is 2.67 bits per heavy atom. The number of likely N-dealkylation sites (N-methyl/N-ethyl adjacent to an activating group) is 1. The fourth-order valence-electron chi connectivity index (χ4n) is 2.50. The molecule has 6 nitrogen and oxygen atoms in total. The van der Waals surface area contributed by atoms with Crippen molar-refractivity contribution in [2.45, 2.75) is 11.8 Å². The van der Waals surface area contributed by atoms with E-state index in [9.17, 15) is 8.42 Å². The van der Waals surface area contributed by atoms with Crippen molar-refractivity contribution < 1.29 is 17.9 Å². The van der Waals surface area contributed by atoms with Gasteiger partial charge in [-0.05, 0) is 49.4 Å². The summed E-state index contributed by atoms with van der Waals surface area (Å²) in [7, 11) is -1.75. The zero-order valence-electron chi connectivity index (χ0n) is 13.7. The molecule has 0 radical (unpaired) electrons. The lowest BCUT2D eigenvalue weighted by Gasteiger charge is -2.28. The first-order valence-electron chi connectivity index (χ1n) is 7.73. The van der Waals surface area contributed by atoms with Crippen molar-refractivity contribution in [2.24, 2.45) is 0 Å². The van der Waals surface area contributed by atoms with Crippen LogP contribution in [0.3, 0.4) is 0 Å². The Balaban J connectivity index is 1.84. The van der Waals surface area contributed by atoms with Crippen LogP contribution in [0.15, 0.2) is 47.4 Å². The summed E-state index contributed by atoms with van der Waals surface area (Å²) in [6.07, 6.45) is 0. The predicted molar refractivity (Wildman–Crippen MR) is 93.6 cm³/mol. The van der Waals surface area contributed by atoms with Crippen LogP contribution in [0.5, 0.6) is 11.5 Å². The minimum atomic E-state index is -3.67. The number of benzene rings is 2. The van der Waals surface area contributed by atoms with Crippen LogP contribution < -0.4 is 19.1 Å². The summed E-state index contributed by atoms with van der Waals surface area (Å²) in [5, 5.41) is 0. The smallest absolute Gasteiger partial charge is 0.261 e. The van der Waals surface area contributed by atoms with Crippen molar-refractivity contribution in [1.29, 1.82) is 0 Å². The Kier molecular flexibility index (Phi) is 4.53. The molecule has 0 amide bonds. The third-order valence-electron chi connectivity index (χ3n) is 3.75. The van der Waals surface area contributed by atoms with E-state index in [1.54, 1.807) is 42.5 Å². The van der Waals surface area contributed by atoms with Gasteiger partial charge in [0, 0.05) is 12.7 Å². The standard InChI is InChI=1S/C17H20N2O4S/c1-3-22-14-6-4-13(5-7-14)18-24(20,21)15-8-9-17-16(12-15)19(2)10-11-23-17/h4-9,12,18H,3,10-11H2,1-2H3. The lowest BCUT2D eigenvalue weighted by molar-refractivity contribution is 0.311. The fraction of sp³-hybridized carbons (Fsp3) is 0.294. The van der Waals surface area contributed by atoms with Crippen LogP contribution in [0.4, 0.5) is 11.4 Å². The molecule has 0 atom stereocenters. The summed E-state index contributed by atoms with van der Waals surface area (Å²) in [5.74, 6) is 1.40. The Morgan fingerprint density at radius 1 is 1.21 bits per heavy atom. The van der Waals surface area contributed by atoms with E-state index in [2.05, 4.69) is 4.72 Å². The first kappa shape index (κ1) is 16.4. The minimum absolute atomic E-state index is 0.201. The van der Waals surface area contributed by atoms with E-state index in [-0.39, 0.29) is 4.90 Å². The minimum Gasteiger partial charge on any atom is -0.494 e. The van der Waals surface area contributed by atoms with E-state index in [1.807, 2.05) is 18.9 Å². The number of nitrogens with zero attached hydrogens (tertiary/aromatic N) is 1. The van der Waals surface area contributed by atoms with Crippen LogP contribution in [0.25, 0.3) is 0 Å². The average Bonchev–Trinajstić information content (AvgIpc) is 2.57. The predicted octanol–water partition coefficient (Wildman–Crippen LogP) is 2.71. The summed E-state index contributed by atoms with van der Waals surface area (Å²) in [5.41, 5.74) is 1.26. The molecule has 7 heteroatoms. The second kappa shape index (κ2) is 6.60. The molecule has 0 saturated carbocycles. The van der Waals surface area contributed by atoms with Gasteiger partial charge in [0.05, 0.1) is 23.7 Å². The number of fused-ring (bicyclic) bond motifs is 1. The number of hydrogen-bond acceptors (Lipinski definition) is 5. The molecule has 1 N–H and O–H groups in total. The molecule has 1 aliphatic rings. The molecule has 1 heterocycles. The van der Waals surface area contributed by atoms with Gasteiger partial charge in [0.15, 0.2) is 0 Å². The van der Waals surface area contributed by atoms with Gasteiger partial charge in [-0.1, -0.05) is 0 Å². The molecular formula is C17H20N2O4S. The lowest BCUT2D eigenvalue weighted by Crippen LogP contribution is -2.29. The normalized spacial score (nSPS) is 13.8. The van der Waals surface area contributed by atoms with Crippen LogP contribution in [0.1, 0.15) is 6.92 Å². The number of nitrogens with one attached hydrogen (secondary N) is 1. The van der Waals surface area contributed by atoms with Gasteiger partial charge in [-0.2, -0.15) is 0 Å². The summed E-state index contributed by atoms with van der Waals surface area (Å²) in [6, 6.07) is 11.7. The van der Waals surface area contributed by atoms with Crippen LogP contribution in [0.2, 0.25) is 0 Å². The maximum Gasteiger partial charge on any atom is 0.261 e. The van der Waals surface area contributed by atoms with Crippen molar-refractivity contribution in [3.63, 3.8) is 0 Å².